The Labute approximate surface area is 113 Å². The van der Waals surface area contributed by atoms with Crippen LogP contribution in [0.3, 0.4) is 0 Å². The van der Waals surface area contributed by atoms with E-state index in [1.165, 1.54) is 0 Å². The van der Waals surface area contributed by atoms with E-state index in [1.807, 2.05) is 0 Å². The maximum absolute atomic E-state index is 11.7. The van der Waals surface area contributed by atoms with E-state index >= 15 is 0 Å². The molecule has 108 valence electrons. The summed E-state index contributed by atoms with van der Waals surface area (Å²) in [6.45, 7) is 2.42. The molecule has 0 radical (unpaired) electrons. The van der Waals surface area contributed by atoms with Gasteiger partial charge in [0.25, 0.3) is 0 Å². The van der Waals surface area contributed by atoms with Gasteiger partial charge >= 0.3 is 5.97 Å². The zero-order valence-electron chi connectivity index (χ0n) is 11.4. The van der Waals surface area contributed by atoms with Crippen molar-refractivity contribution >= 4 is 11.9 Å². The molecule has 0 aliphatic heterocycles. The minimum atomic E-state index is -0.901. The van der Waals surface area contributed by atoms with Gasteiger partial charge in [0.05, 0.1) is 17.4 Å². The SMILES string of the molecule is CCC1CCC(O)(CNC(=O)C2CC2C(=O)O)CC1. The van der Waals surface area contributed by atoms with Gasteiger partial charge in [-0.3, -0.25) is 9.59 Å². The van der Waals surface area contributed by atoms with Crippen LogP contribution in [0.4, 0.5) is 0 Å². The van der Waals surface area contributed by atoms with Gasteiger partial charge in [-0.05, 0) is 38.0 Å². The van der Waals surface area contributed by atoms with Gasteiger partial charge in [0, 0.05) is 6.54 Å². The highest BCUT2D eigenvalue weighted by Crippen LogP contribution is 2.39. The van der Waals surface area contributed by atoms with E-state index in [0.29, 0.717) is 12.3 Å². The first-order valence-electron chi connectivity index (χ1n) is 7.18. The summed E-state index contributed by atoms with van der Waals surface area (Å²) in [6.07, 6.45) is 5.02. The fourth-order valence-corrected chi connectivity index (χ4v) is 2.94. The molecular formula is C14H23NO4. The average Bonchev–Trinajstić information content (AvgIpc) is 3.17. The van der Waals surface area contributed by atoms with Crippen molar-refractivity contribution in [3.8, 4) is 0 Å². The van der Waals surface area contributed by atoms with Gasteiger partial charge in [0.15, 0.2) is 0 Å². The van der Waals surface area contributed by atoms with Gasteiger partial charge in [-0.15, -0.1) is 0 Å². The zero-order valence-corrected chi connectivity index (χ0v) is 11.4. The van der Waals surface area contributed by atoms with Crippen LogP contribution in [0.15, 0.2) is 0 Å². The molecule has 19 heavy (non-hydrogen) atoms. The summed E-state index contributed by atoms with van der Waals surface area (Å²) in [4.78, 5) is 22.4. The van der Waals surface area contributed by atoms with Crippen molar-refractivity contribution in [1.82, 2.24) is 5.32 Å². The van der Waals surface area contributed by atoms with Crippen molar-refractivity contribution in [2.45, 2.75) is 51.0 Å². The van der Waals surface area contributed by atoms with Crippen molar-refractivity contribution in [2.75, 3.05) is 6.54 Å². The number of carboxylic acid groups (broad SMARTS) is 1. The third-order valence-corrected chi connectivity index (χ3v) is 4.65. The monoisotopic (exact) mass is 269 g/mol. The van der Waals surface area contributed by atoms with Crippen molar-refractivity contribution in [2.24, 2.45) is 17.8 Å². The number of hydrogen-bond acceptors (Lipinski definition) is 3. The molecule has 0 spiro atoms. The number of aliphatic hydroxyl groups is 1. The molecule has 0 bridgehead atoms. The number of carbonyl (C=O) groups excluding carboxylic acids is 1. The maximum Gasteiger partial charge on any atom is 0.307 e. The van der Waals surface area contributed by atoms with Gasteiger partial charge in [0.1, 0.15) is 0 Å². The van der Waals surface area contributed by atoms with E-state index in [0.717, 1.165) is 32.1 Å². The van der Waals surface area contributed by atoms with E-state index in [-0.39, 0.29) is 12.5 Å². The highest BCUT2D eigenvalue weighted by Gasteiger charge is 2.48. The lowest BCUT2D eigenvalue weighted by Gasteiger charge is -2.35. The number of nitrogens with one attached hydrogen (secondary N) is 1. The number of hydrogen-bond donors (Lipinski definition) is 3. The normalized spacial score (nSPS) is 37.7. The molecule has 2 fully saturated rings. The zero-order chi connectivity index (χ0) is 14.0. The Kier molecular flexibility index (Phi) is 4.13. The van der Waals surface area contributed by atoms with Crippen LogP contribution < -0.4 is 5.32 Å². The molecule has 3 N–H and O–H groups in total. The lowest BCUT2D eigenvalue weighted by atomic mass is 9.78. The highest BCUT2D eigenvalue weighted by atomic mass is 16.4. The Balaban J connectivity index is 1.73. The Morgan fingerprint density at radius 3 is 2.37 bits per heavy atom. The van der Waals surface area contributed by atoms with Crippen LogP contribution in [0.25, 0.3) is 0 Å². The minimum Gasteiger partial charge on any atom is -0.481 e. The summed E-state index contributed by atoms with van der Waals surface area (Å²) < 4.78 is 0. The molecule has 0 aromatic heterocycles. The van der Waals surface area contributed by atoms with Crippen LogP contribution in [-0.4, -0.2) is 34.2 Å². The van der Waals surface area contributed by atoms with Crippen molar-refractivity contribution in [1.29, 1.82) is 0 Å². The largest absolute Gasteiger partial charge is 0.481 e. The number of amides is 1. The standard InChI is InChI=1S/C14H23NO4/c1-2-9-3-5-14(19,6-4-9)8-15-12(16)10-7-11(10)13(17)18/h9-11,19H,2-8H2,1H3,(H,15,16)(H,17,18). The summed E-state index contributed by atoms with van der Waals surface area (Å²) in [5.74, 6) is -1.35. The van der Waals surface area contributed by atoms with Gasteiger partial charge in [-0.2, -0.15) is 0 Å². The molecule has 5 nitrogen and oxygen atoms in total. The minimum absolute atomic E-state index is 0.224. The quantitative estimate of drug-likeness (QED) is 0.699. The Bertz CT molecular complexity index is 360. The van der Waals surface area contributed by atoms with E-state index in [4.69, 9.17) is 5.11 Å². The van der Waals surface area contributed by atoms with Crippen LogP contribution in [0.5, 0.6) is 0 Å². The lowest BCUT2D eigenvalue weighted by Crippen LogP contribution is -2.45. The predicted octanol–water partition coefficient (Wildman–Crippen LogP) is 1.15. The summed E-state index contributed by atoms with van der Waals surface area (Å²) in [6, 6.07) is 0. The molecule has 2 saturated carbocycles. The molecule has 0 aromatic rings. The Hall–Kier alpha value is -1.10. The van der Waals surface area contributed by atoms with Crippen molar-refractivity contribution in [3.63, 3.8) is 0 Å². The number of rotatable bonds is 5. The van der Waals surface area contributed by atoms with E-state index in [2.05, 4.69) is 12.2 Å². The Morgan fingerprint density at radius 2 is 1.89 bits per heavy atom. The van der Waals surface area contributed by atoms with E-state index in [9.17, 15) is 14.7 Å². The first-order valence-corrected chi connectivity index (χ1v) is 7.18. The molecule has 1 amide bonds. The second-order valence-electron chi connectivity index (χ2n) is 6.08. The fourth-order valence-electron chi connectivity index (χ4n) is 2.94. The van der Waals surface area contributed by atoms with Gasteiger partial charge in [-0.1, -0.05) is 13.3 Å². The van der Waals surface area contributed by atoms with Crippen molar-refractivity contribution < 1.29 is 19.8 Å². The molecule has 0 saturated heterocycles. The number of carbonyl (C=O) groups is 2. The topological polar surface area (TPSA) is 86.6 Å². The average molecular weight is 269 g/mol. The van der Waals surface area contributed by atoms with Gasteiger partial charge < -0.3 is 15.5 Å². The maximum atomic E-state index is 11.7. The molecule has 0 aromatic carbocycles. The lowest BCUT2D eigenvalue weighted by molar-refractivity contribution is -0.140. The number of carboxylic acids is 1. The molecule has 2 unspecified atom stereocenters. The van der Waals surface area contributed by atoms with Crippen LogP contribution in [0.1, 0.15) is 45.4 Å². The van der Waals surface area contributed by atoms with Crippen LogP contribution in [0, 0.1) is 17.8 Å². The highest BCUT2D eigenvalue weighted by molar-refractivity contribution is 5.89. The summed E-state index contributed by atoms with van der Waals surface area (Å²) >= 11 is 0. The molecule has 2 aliphatic rings. The first-order chi connectivity index (χ1) is 8.95. The smallest absolute Gasteiger partial charge is 0.307 e. The Morgan fingerprint density at radius 1 is 1.26 bits per heavy atom. The first kappa shape index (κ1) is 14.3. The van der Waals surface area contributed by atoms with E-state index in [1.54, 1.807) is 0 Å². The third kappa shape index (κ3) is 3.47. The molecule has 2 atom stereocenters. The molecule has 0 heterocycles. The second-order valence-corrected chi connectivity index (χ2v) is 6.08. The summed E-state index contributed by atoms with van der Waals surface area (Å²) in [5.41, 5.74) is -0.797. The summed E-state index contributed by atoms with van der Waals surface area (Å²) in [7, 11) is 0. The van der Waals surface area contributed by atoms with Gasteiger partial charge in [-0.25, -0.2) is 0 Å². The second kappa shape index (κ2) is 5.49. The molecule has 2 aliphatic carbocycles. The van der Waals surface area contributed by atoms with Crippen LogP contribution >= 0.6 is 0 Å². The third-order valence-electron chi connectivity index (χ3n) is 4.65. The van der Waals surface area contributed by atoms with E-state index < -0.39 is 23.4 Å². The fraction of sp³-hybridized carbons (Fsp3) is 0.857. The molecular weight excluding hydrogens is 246 g/mol. The molecule has 5 heteroatoms. The van der Waals surface area contributed by atoms with Gasteiger partial charge in [0.2, 0.25) is 5.91 Å². The number of aliphatic carboxylic acids is 1. The van der Waals surface area contributed by atoms with Crippen LogP contribution in [-0.2, 0) is 9.59 Å². The summed E-state index contributed by atoms with van der Waals surface area (Å²) in [5, 5.41) is 21.9. The van der Waals surface area contributed by atoms with Crippen molar-refractivity contribution in [3.05, 3.63) is 0 Å². The predicted molar refractivity (Wildman–Crippen MR) is 69.4 cm³/mol. The van der Waals surface area contributed by atoms with Crippen LogP contribution in [0.2, 0.25) is 0 Å². The molecule has 2 rings (SSSR count).